The molecule has 0 aliphatic rings. The van der Waals surface area contributed by atoms with E-state index in [1.165, 1.54) is 0 Å². The number of aliphatic imine (C=N–C) groups is 1. The minimum absolute atomic E-state index is 0. The maximum atomic E-state index is 5.92. The maximum Gasteiger partial charge on any atom is 0.191 e. The van der Waals surface area contributed by atoms with Crippen molar-refractivity contribution in [1.29, 1.82) is 0 Å². The molecule has 0 aliphatic carbocycles. The Morgan fingerprint density at radius 1 is 1.20 bits per heavy atom. The molecule has 1 aromatic carbocycles. The maximum absolute atomic E-state index is 5.92. The molecule has 2 rings (SSSR count). The van der Waals surface area contributed by atoms with Crippen molar-refractivity contribution in [2.45, 2.75) is 47.1 Å². The summed E-state index contributed by atoms with van der Waals surface area (Å²) in [6.45, 7) is 13.3. The fourth-order valence-electron chi connectivity index (χ4n) is 3.24. The zero-order valence-electron chi connectivity index (χ0n) is 18.9. The summed E-state index contributed by atoms with van der Waals surface area (Å²) in [5.41, 5.74) is 4.33. The van der Waals surface area contributed by atoms with E-state index in [4.69, 9.17) is 14.0 Å². The van der Waals surface area contributed by atoms with Gasteiger partial charge in [0.25, 0.3) is 0 Å². The van der Waals surface area contributed by atoms with Crippen molar-refractivity contribution in [3.8, 4) is 5.75 Å². The zero-order valence-corrected chi connectivity index (χ0v) is 21.2. The van der Waals surface area contributed by atoms with Gasteiger partial charge in [0.2, 0.25) is 0 Å². The van der Waals surface area contributed by atoms with E-state index < -0.39 is 0 Å². The lowest BCUT2D eigenvalue weighted by Crippen LogP contribution is -2.38. The number of nitrogens with zero attached hydrogens (tertiary/aromatic N) is 2. The Bertz CT molecular complexity index is 788. The first kappa shape index (κ1) is 26.2. The Labute approximate surface area is 197 Å². The topological polar surface area (TPSA) is 80.9 Å². The number of rotatable bonds is 10. The van der Waals surface area contributed by atoms with Gasteiger partial charge in [-0.1, -0.05) is 24.2 Å². The number of hydrogen-bond acceptors (Lipinski definition) is 5. The number of hydrogen-bond donors (Lipinski definition) is 2. The molecular formula is C22H35IN4O3. The van der Waals surface area contributed by atoms with Crippen molar-refractivity contribution >= 4 is 29.9 Å². The monoisotopic (exact) mass is 530 g/mol. The number of aromatic nitrogens is 1. The third kappa shape index (κ3) is 7.79. The van der Waals surface area contributed by atoms with Crippen LogP contribution < -0.4 is 15.4 Å². The van der Waals surface area contributed by atoms with E-state index in [2.05, 4.69) is 52.8 Å². The molecule has 1 atom stereocenters. The summed E-state index contributed by atoms with van der Waals surface area (Å²) in [7, 11) is 1.77. The smallest absolute Gasteiger partial charge is 0.191 e. The van der Waals surface area contributed by atoms with Crippen LogP contribution in [-0.2, 0) is 11.3 Å². The minimum Gasteiger partial charge on any atom is -0.491 e. The van der Waals surface area contributed by atoms with Crippen LogP contribution in [0, 0.1) is 20.8 Å². The van der Waals surface area contributed by atoms with Gasteiger partial charge in [-0.05, 0) is 39.3 Å². The molecule has 0 spiro atoms. The van der Waals surface area contributed by atoms with Gasteiger partial charge in [-0.25, -0.2) is 0 Å². The summed E-state index contributed by atoms with van der Waals surface area (Å²) >= 11 is 0. The van der Waals surface area contributed by atoms with Crippen LogP contribution in [0.4, 0.5) is 0 Å². The number of ether oxygens (including phenoxy) is 2. The normalized spacial score (nSPS) is 12.3. The molecule has 7 nitrogen and oxygen atoms in total. The first-order valence-corrected chi connectivity index (χ1v) is 10.1. The van der Waals surface area contributed by atoms with Gasteiger partial charge in [0.1, 0.15) is 18.1 Å². The van der Waals surface area contributed by atoms with Crippen molar-refractivity contribution in [3.05, 3.63) is 46.3 Å². The molecule has 8 heteroatoms. The second-order valence-electron chi connectivity index (χ2n) is 7.10. The zero-order chi connectivity index (χ0) is 21.2. The second kappa shape index (κ2) is 13.5. The number of benzene rings is 1. The van der Waals surface area contributed by atoms with Crippen LogP contribution >= 0.6 is 24.0 Å². The molecule has 0 bridgehead atoms. The van der Waals surface area contributed by atoms with E-state index in [-0.39, 0.29) is 29.9 Å². The van der Waals surface area contributed by atoms with Crippen LogP contribution in [0.1, 0.15) is 47.9 Å². The lowest BCUT2D eigenvalue weighted by Gasteiger charge is -2.17. The molecule has 0 radical (unpaired) electrons. The summed E-state index contributed by atoms with van der Waals surface area (Å²) in [4.78, 5) is 4.33. The van der Waals surface area contributed by atoms with Gasteiger partial charge in [-0.15, -0.1) is 24.0 Å². The highest BCUT2D eigenvalue weighted by molar-refractivity contribution is 14.0. The Morgan fingerprint density at radius 2 is 1.97 bits per heavy atom. The fourth-order valence-corrected chi connectivity index (χ4v) is 3.24. The number of guanidine groups is 1. The van der Waals surface area contributed by atoms with Crippen LogP contribution in [-0.4, -0.2) is 44.5 Å². The molecule has 1 heterocycles. The molecule has 1 unspecified atom stereocenters. The molecule has 0 aliphatic heterocycles. The lowest BCUT2D eigenvalue weighted by atomic mass is 10.00. The predicted molar refractivity (Wildman–Crippen MR) is 131 cm³/mol. The van der Waals surface area contributed by atoms with Crippen molar-refractivity contribution < 1.29 is 14.0 Å². The highest BCUT2D eigenvalue weighted by Crippen LogP contribution is 2.22. The first-order valence-electron chi connectivity index (χ1n) is 10.1. The Balaban J connectivity index is 0.00000450. The van der Waals surface area contributed by atoms with E-state index in [0.29, 0.717) is 26.4 Å². The van der Waals surface area contributed by atoms with Crippen LogP contribution in [0.3, 0.4) is 0 Å². The van der Waals surface area contributed by atoms with Crippen LogP contribution in [0.15, 0.2) is 27.7 Å². The second-order valence-corrected chi connectivity index (χ2v) is 7.10. The SMILES string of the molecule is CCOCCOc1cc(C)ccc1CNC(=NC)NCC(C)c1c(C)noc1C.I. The summed E-state index contributed by atoms with van der Waals surface area (Å²) in [6.07, 6.45) is 0. The third-order valence-electron chi connectivity index (χ3n) is 4.74. The summed E-state index contributed by atoms with van der Waals surface area (Å²) in [6, 6.07) is 6.22. The molecule has 1 aromatic heterocycles. The van der Waals surface area contributed by atoms with Gasteiger partial charge in [-0.3, -0.25) is 4.99 Å². The molecule has 2 aromatic rings. The van der Waals surface area contributed by atoms with Gasteiger partial charge < -0.3 is 24.6 Å². The van der Waals surface area contributed by atoms with Gasteiger partial charge >= 0.3 is 0 Å². The van der Waals surface area contributed by atoms with Crippen LogP contribution in [0.5, 0.6) is 5.75 Å². The molecule has 30 heavy (non-hydrogen) atoms. The minimum atomic E-state index is 0. The summed E-state index contributed by atoms with van der Waals surface area (Å²) in [5, 5.41) is 10.8. The summed E-state index contributed by atoms with van der Waals surface area (Å²) < 4.78 is 16.6. The van der Waals surface area contributed by atoms with Gasteiger partial charge in [0.15, 0.2) is 5.96 Å². The Hall–Kier alpha value is -1.81. The first-order chi connectivity index (χ1) is 14.0. The standard InChI is InChI=1S/C22H34N4O3.HI/c1-7-27-10-11-28-20-12-15(2)8-9-19(20)14-25-22(23-6)24-13-16(3)21-17(4)26-29-18(21)5;/h8-9,12,16H,7,10-11,13-14H2,1-6H3,(H2,23,24,25);1H. The number of aryl methyl sites for hydroxylation is 3. The summed E-state index contributed by atoms with van der Waals surface area (Å²) in [5.74, 6) is 2.74. The molecule has 2 N–H and O–H groups in total. The Morgan fingerprint density at radius 3 is 2.60 bits per heavy atom. The van der Waals surface area contributed by atoms with Crippen molar-refractivity contribution in [3.63, 3.8) is 0 Å². The molecule has 0 saturated carbocycles. The quantitative estimate of drug-likeness (QED) is 0.209. The molecule has 0 fully saturated rings. The van der Waals surface area contributed by atoms with E-state index >= 15 is 0 Å². The van der Waals surface area contributed by atoms with Crippen LogP contribution in [0.2, 0.25) is 0 Å². The average molecular weight is 530 g/mol. The largest absolute Gasteiger partial charge is 0.491 e. The van der Waals surface area contributed by atoms with Gasteiger partial charge in [0, 0.05) is 43.8 Å². The number of nitrogens with one attached hydrogen (secondary N) is 2. The average Bonchev–Trinajstić information content (AvgIpc) is 3.04. The van der Waals surface area contributed by atoms with Gasteiger partial charge in [0.05, 0.1) is 12.3 Å². The molecule has 168 valence electrons. The van der Waals surface area contributed by atoms with E-state index in [1.807, 2.05) is 20.8 Å². The van der Waals surface area contributed by atoms with E-state index in [0.717, 1.165) is 46.4 Å². The highest BCUT2D eigenvalue weighted by Gasteiger charge is 2.16. The van der Waals surface area contributed by atoms with Gasteiger partial charge in [-0.2, -0.15) is 0 Å². The van der Waals surface area contributed by atoms with Crippen molar-refractivity contribution in [1.82, 2.24) is 15.8 Å². The van der Waals surface area contributed by atoms with Crippen molar-refractivity contribution in [2.75, 3.05) is 33.4 Å². The Kier molecular flexibility index (Phi) is 11.8. The van der Waals surface area contributed by atoms with E-state index in [1.54, 1.807) is 7.05 Å². The fraction of sp³-hybridized carbons (Fsp3) is 0.545. The lowest BCUT2D eigenvalue weighted by molar-refractivity contribution is 0.110. The third-order valence-corrected chi connectivity index (χ3v) is 4.74. The number of halogens is 1. The molecule has 0 saturated heterocycles. The molecule has 0 amide bonds. The predicted octanol–water partition coefficient (Wildman–Crippen LogP) is 4.10. The highest BCUT2D eigenvalue weighted by atomic mass is 127. The van der Waals surface area contributed by atoms with Crippen LogP contribution in [0.25, 0.3) is 0 Å². The van der Waals surface area contributed by atoms with E-state index in [9.17, 15) is 0 Å². The van der Waals surface area contributed by atoms with Crippen molar-refractivity contribution in [2.24, 2.45) is 4.99 Å². The molecular weight excluding hydrogens is 495 g/mol.